The van der Waals surface area contributed by atoms with Crippen molar-refractivity contribution in [3.8, 4) is 0 Å². The predicted octanol–water partition coefficient (Wildman–Crippen LogP) is 4.82. The van der Waals surface area contributed by atoms with E-state index < -0.39 is 0 Å². The van der Waals surface area contributed by atoms with Crippen LogP contribution in [0, 0.1) is 0 Å². The lowest BCUT2D eigenvalue weighted by molar-refractivity contribution is 1.43. The average Bonchev–Trinajstić information content (AvgIpc) is 3.11. The molecule has 0 aliphatic carbocycles. The highest BCUT2D eigenvalue weighted by atomic mass is 14.7. The van der Waals surface area contributed by atoms with Crippen molar-refractivity contribution >= 4 is 34.0 Å². The van der Waals surface area contributed by atoms with Gasteiger partial charge in [-0.15, -0.1) is 0 Å². The number of benzene rings is 2. The molecule has 4 aromatic rings. The second kappa shape index (κ2) is 4.42. The van der Waals surface area contributed by atoms with E-state index in [9.17, 15) is 0 Å². The van der Waals surface area contributed by atoms with Crippen molar-refractivity contribution in [3.63, 3.8) is 0 Å². The van der Waals surface area contributed by atoms with Crippen LogP contribution in [0.2, 0.25) is 0 Å². The Morgan fingerprint density at radius 2 is 1.70 bits per heavy atom. The van der Waals surface area contributed by atoms with E-state index in [2.05, 4.69) is 70.7 Å². The minimum absolute atomic E-state index is 1.12. The quantitative estimate of drug-likeness (QED) is 0.516. The van der Waals surface area contributed by atoms with Crippen LogP contribution in [-0.2, 0) is 0 Å². The van der Waals surface area contributed by atoms with E-state index in [0.717, 1.165) is 5.69 Å². The SMILES string of the molecule is C(=C\c1cccc2[nH]ccc12)/c1cc2ccccc2[nH]1. The van der Waals surface area contributed by atoms with Crippen LogP contribution >= 0.6 is 0 Å². The molecule has 96 valence electrons. The van der Waals surface area contributed by atoms with Crippen molar-refractivity contribution in [2.75, 3.05) is 0 Å². The molecule has 0 atom stereocenters. The molecule has 2 nitrogen and oxygen atoms in total. The van der Waals surface area contributed by atoms with E-state index in [4.69, 9.17) is 0 Å². The third-order valence-electron chi connectivity index (χ3n) is 3.62. The van der Waals surface area contributed by atoms with Gasteiger partial charge in [0.15, 0.2) is 0 Å². The smallest absolute Gasteiger partial charge is 0.0459 e. The number of aromatic nitrogens is 2. The maximum absolute atomic E-state index is 3.41. The first-order chi connectivity index (χ1) is 9.90. The van der Waals surface area contributed by atoms with Gasteiger partial charge in [-0.1, -0.05) is 36.4 Å². The van der Waals surface area contributed by atoms with Gasteiger partial charge in [-0.3, -0.25) is 0 Å². The third kappa shape index (κ3) is 1.82. The summed E-state index contributed by atoms with van der Waals surface area (Å²) in [6, 6.07) is 18.9. The summed E-state index contributed by atoms with van der Waals surface area (Å²) >= 11 is 0. The first-order valence-electron chi connectivity index (χ1n) is 6.72. The zero-order valence-electron chi connectivity index (χ0n) is 10.9. The van der Waals surface area contributed by atoms with Crippen molar-refractivity contribution in [2.45, 2.75) is 0 Å². The van der Waals surface area contributed by atoms with Crippen LogP contribution in [0.25, 0.3) is 34.0 Å². The van der Waals surface area contributed by atoms with Crippen molar-refractivity contribution in [2.24, 2.45) is 0 Å². The van der Waals surface area contributed by atoms with E-state index in [1.165, 1.54) is 27.4 Å². The Hall–Kier alpha value is -2.74. The third-order valence-corrected chi connectivity index (χ3v) is 3.62. The van der Waals surface area contributed by atoms with Gasteiger partial charge in [0.05, 0.1) is 0 Å². The summed E-state index contributed by atoms with van der Waals surface area (Å²) in [6.07, 6.45) is 6.26. The van der Waals surface area contributed by atoms with Gasteiger partial charge in [-0.2, -0.15) is 0 Å². The molecule has 0 aliphatic heterocycles. The van der Waals surface area contributed by atoms with E-state index >= 15 is 0 Å². The highest BCUT2D eigenvalue weighted by molar-refractivity contribution is 5.92. The van der Waals surface area contributed by atoms with Crippen LogP contribution in [0.5, 0.6) is 0 Å². The first-order valence-corrected chi connectivity index (χ1v) is 6.72. The monoisotopic (exact) mass is 258 g/mol. The minimum atomic E-state index is 1.12. The van der Waals surface area contributed by atoms with Gasteiger partial charge in [0.25, 0.3) is 0 Å². The molecule has 4 rings (SSSR count). The fourth-order valence-electron chi connectivity index (χ4n) is 2.62. The zero-order valence-corrected chi connectivity index (χ0v) is 10.9. The largest absolute Gasteiger partial charge is 0.361 e. The summed E-state index contributed by atoms with van der Waals surface area (Å²) in [5.74, 6) is 0. The minimum Gasteiger partial charge on any atom is -0.361 e. The molecule has 0 amide bonds. The summed E-state index contributed by atoms with van der Waals surface area (Å²) in [5, 5.41) is 2.49. The molecule has 2 heterocycles. The van der Waals surface area contributed by atoms with Crippen LogP contribution in [0.3, 0.4) is 0 Å². The number of hydrogen-bond donors (Lipinski definition) is 2. The molecule has 0 unspecified atom stereocenters. The molecule has 0 saturated carbocycles. The van der Waals surface area contributed by atoms with Gasteiger partial charge in [-0.05, 0) is 41.3 Å². The second-order valence-corrected chi connectivity index (χ2v) is 4.93. The highest BCUT2D eigenvalue weighted by Gasteiger charge is 1.99. The average molecular weight is 258 g/mol. The Bertz CT molecular complexity index is 876. The molecule has 0 aliphatic rings. The Balaban J connectivity index is 1.76. The molecule has 2 aromatic heterocycles. The highest BCUT2D eigenvalue weighted by Crippen LogP contribution is 2.21. The normalized spacial score (nSPS) is 11.8. The van der Waals surface area contributed by atoms with Crippen LogP contribution in [0.4, 0.5) is 0 Å². The number of hydrogen-bond acceptors (Lipinski definition) is 0. The summed E-state index contributed by atoms with van der Waals surface area (Å²) < 4.78 is 0. The van der Waals surface area contributed by atoms with Crippen LogP contribution in [0.15, 0.2) is 60.8 Å². The summed E-state index contributed by atoms with van der Waals surface area (Å²) in [4.78, 5) is 6.65. The molecule has 0 fully saturated rings. The Labute approximate surface area is 116 Å². The number of rotatable bonds is 2. The van der Waals surface area contributed by atoms with Gasteiger partial charge in [0, 0.05) is 28.3 Å². The van der Waals surface area contributed by atoms with E-state index in [1.54, 1.807) is 0 Å². The fourth-order valence-corrected chi connectivity index (χ4v) is 2.62. The van der Waals surface area contributed by atoms with Crippen molar-refractivity contribution in [1.29, 1.82) is 0 Å². The van der Waals surface area contributed by atoms with E-state index in [0.29, 0.717) is 0 Å². The number of nitrogens with one attached hydrogen (secondary N) is 2. The van der Waals surface area contributed by atoms with E-state index in [-0.39, 0.29) is 0 Å². The number of aromatic amines is 2. The molecule has 0 radical (unpaired) electrons. The fraction of sp³-hybridized carbons (Fsp3) is 0. The van der Waals surface area contributed by atoms with E-state index in [1.807, 2.05) is 12.3 Å². The number of H-pyrrole nitrogens is 2. The van der Waals surface area contributed by atoms with Crippen LogP contribution < -0.4 is 0 Å². The first kappa shape index (κ1) is 11.1. The zero-order chi connectivity index (χ0) is 13.4. The predicted molar refractivity (Wildman–Crippen MR) is 85.5 cm³/mol. The molecular formula is C18H14N2. The Kier molecular flexibility index (Phi) is 2.46. The summed E-state index contributed by atoms with van der Waals surface area (Å²) in [5.41, 5.74) is 4.69. The van der Waals surface area contributed by atoms with Gasteiger partial charge in [0.1, 0.15) is 0 Å². The summed E-state index contributed by atoms with van der Waals surface area (Å²) in [7, 11) is 0. The molecule has 0 saturated heterocycles. The van der Waals surface area contributed by atoms with Crippen LogP contribution in [0.1, 0.15) is 11.3 Å². The van der Waals surface area contributed by atoms with Gasteiger partial charge < -0.3 is 9.97 Å². The number of fused-ring (bicyclic) bond motifs is 2. The molecule has 0 bridgehead atoms. The molecular weight excluding hydrogens is 244 g/mol. The second-order valence-electron chi connectivity index (χ2n) is 4.93. The van der Waals surface area contributed by atoms with Crippen molar-refractivity contribution in [3.05, 3.63) is 72.1 Å². The van der Waals surface area contributed by atoms with Crippen molar-refractivity contribution < 1.29 is 0 Å². The standard InChI is InChI=1S/C18H14N2/c1-2-6-17-14(4-1)12-15(20-17)9-8-13-5-3-7-18-16(13)10-11-19-18/h1-12,19-20H/b9-8+. The van der Waals surface area contributed by atoms with Gasteiger partial charge in [-0.25, -0.2) is 0 Å². The molecule has 2 N–H and O–H groups in total. The van der Waals surface area contributed by atoms with Crippen molar-refractivity contribution in [1.82, 2.24) is 9.97 Å². The molecule has 2 heteroatoms. The molecule has 2 aromatic carbocycles. The molecule has 20 heavy (non-hydrogen) atoms. The maximum atomic E-state index is 3.41. The molecule has 0 spiro atoms. The Morgan fingerprint density at radius 3 is 2.65 bits per heavy atom. The van der Waals surface area contributed by atoms with Gasteiger partial charge in [0.2, 0.25) is 0 Å². The lowest BCUT2D eigenvalue weighted by atomic mass is 10.1. The lowest BCUT2D eigenvalue weighted by Gasteiger charge is -1.96. The number of para-hydroxylation sites is 1. The maximum Gasteiger partial charge on any atom is 0.0459 e. The Morgan fingerprint density at radius 1 is 0.800 bits per heavy atom. The lowest BCUT2D eigenvalue weighted by Crippen LogP contribution is -1.75. The van der Waals surface area contributed by atoms with Crippen LogP contribution in [-0.4, -0.2) is 9.97 Å². The van der Waals surface area contributed by atoms with Gasteiger partial charge >= 0.3 is 0 Å². The summed E-state index contributed by atoms with van der Waals surface area (Å²) in [6.45, 7) is 0. The topological polar surface area (TPSA) is 31.6 Å².